The second kappa shape index (κ2) is 9.77. The van der Waals surface area contributed by atoms with E-state index in [-0.39, 0.29) is 11.1 Å². The number of aromatic nitrogens is 3. The fraction of sp³-hybridized carbons (Fsp3) is 0.500. The van der Waals surface area contributed by atoms with Gasteiger partial charge < -0.3 is 10.2 Å². The number of hydrogen-bond acceptors (Lipinski definition) is 6. The summed E-state index contributed by atoms with van der Waals surface area (Å²) in [6.07, 6.45) is 11.8. The standard InChI is InChI=1S/C26H38N6S/c1-10-20(12-11-17(2)21-15-27-28-16-21)18(3)29-23-19(4)30-24(33-23)32(9)22-13-25(5,6)31-26(7,8)14-22/h10-12,15-16,22,31H,1,13-14H2,2-9H3,(H,27,28)/b17-11+,20-12+,29-18+. The Hall–Kier alpha value is -2.51. The van der Waals surface area contributed by atoms with Crippen molar-refractivity contribution in [1.29, 1.82) is 0 Å². The predicted octanol–water partition coefficient (Wildman–Crippen LogP) is 6.23. The van der Waals surface area contributed by atoms with Crippen molar-refractivity contribution >= 4 is 32.8 Å². The number of aromatic amines is 1. The molecule has 1 aliphatic heterocycles. The molecule has 3 rings (SSSR count). The number of thiazole rings is 1. The lowest BCUT2D eigenvalue weighted by atomic mass is 9.79. The molecule has 0 spiro atoms. The molecule has 0 unspecified atom stereocenters. The molecule has 33 heavy (non-hydrogen) atoms. The Labute approximate surface area is 202 Å². The molecule has 2 aromatic heterocycles. The summed E-state index contributed by atoms with van der Waals surface area (Å²) in [6, 6.07) is 0.430. The van der Waals surface area contributed by atoms with Gasteiger partial charge in [-0.1, -0.05) is 36.1 Å². The highest BCUT2D eigenvalue weighted by molar-refractivity contribution is 7.19. The molecule has 178 valence electrons. The zero-order chi connectivity index (χ0) is 24.4. The third-order valence-corrected chi connectivity index (χ3v) is 7.29. The maximum Gasteiger partial charge on any atom is 0.187 e. The zero-order valence-corrected chi connectivity index (χ0v) is 22.1. The minimum Gasteiger partial charge on any atom is -0.348 e. The molecule has 0 aliphatic carbocycles. The quantitative estimate of drug-likeness (QED) is 0.375. The maximum absolute atomic E-state index is 4.92. The van der Waals surface area contributed by atoms with Crippen LogP contribution in [0.1, 0.15) is 65.6 Å². The molecule has 0 atom stereocenters. The lowest BCUT2D eigenvalue weighted by Gasteiger charge is -2.48. The van der Waals surface area contributed by atoms with Crippen LogP contribution in [0.4, 0.5) is 10.1 Å². The first-order chi connectivity index (χ1) is 15.4. The fourth-order valence-electron chi connectivity index (χ4n) is 4.66. The summed E-state index contributed by atoms with van der Waals surface area (Å²) in [7, 11) is 2.17. The van der Waals surface area contributed by atoms with E-state index >= 15 is 0 Å². The van der Waals surface area contributed by atoms with E-state index in [1.54, 1.807) is 11.3 Å². The van der Waals surface area contributed by atoms with Crippen molar-refractivity contribution in [3.63, 3.8) is 0 Å². The van der Waals surface area contributed by atoms with Gasteiger partial charge in [-0.2, -0.15) is 5.10 Å². The number of rotatable bonds is 7. The summed E-state index contributed by atoms with van der Waals surface area (Å²) in [6.45, 7) is 19.2. The number of anilines is 1. The van der Waals surface area contributed by atoms with Crippen molar-refractivity contribution in [3.8, 4) is 0 Å². The normalized spacial score (nSPS) is 19.6. The molecule has 2 N–H and O–H groups in total. The SMILES string of the molecule is C=CC(=C\C=C(/C)c1cn[nH]c1)/C(C)=N/c1sc(N(C)C2CC(C)(C)NC(C)(C)C2)nc1C. The number of allylic oxidation sites excluding steroid dienone is 5. The number of nitrogens with one attached hydrogen (secondary N) is 2. The Morgan fingerprint density at radius 1 is 1.21 bits per heavy atom. The van der Waals surface area contributed by atoms with Gasteiger partial charge in [0.1, 0.15) is 5.00 Å². The minimum atomic E-state index is 0.0936. The summed E-state index contributed by atoms with van der Waals surface area (Å²) in [5, 5.41) is 12.6. The van der Waals surface area contributed by atoms with Crippen molar-refractivity contribution in [2.24, 2.45) is 4.99 Å². The van der Waals surface area contributed by atoms with Gasteiger partial charge in [0, 0.05) is 41.6 Å². The van der Waals surface area contributed by atoms with Gasteiger partial charge in [-0.15, -0.1) is 0 Å². The van der Waals surface area contributed by atoms with Gasteiger partial charge in [-0.25, -0.2) is 9.98 Å². The Morgan fingerprint density at radius 2 is 1.88 bits per heavy atom. The lowest BCUT2D eigenvalue weighted by Crippen LogP contribution is -2.61. The number of hydrogen-bond donors (Lipinski definition) is 2. The van der Waals surface area contributed by atoms with Crippen LogP contribution in [0.15, 0.2) is 47.8 Å². The molecule has 1 fully saturated rings. The number of H-pyrrole nitrogens is 1. The Kier molecular flexibility index (Phi) is 7.44. The molecule has 0 saturated carbocycles. The van der Waals surface area contributed by atoms with Crippen molar-refractivity contribution in [1.82, 2.24) is 20.5 Å². The molecule has 1 aliphatic rings. The average Bonchev–Trinajstić information content (AvgIpc) is 3.36. The van der Waals surface area contributed by atoms with Gasteiger partial charge in [0.2, 0.25) is 0 Å². The fourth-order valence-corrected chi connectivity index (χ4v) is 5.68. The zero-order valence-electron chi connectivity index (χ0n) is 21.3. The predicted molar refractivity (Wildman–Crippen MR) is 143 cm³/mol. The van der Waals surface area contributed by atoms with Gasteiger partial charge >= 0.3 is 0 Å². The van der Waals surface area contributed by atoms with Crippen LogP contribution in [0.25, 0.3) is 5.57 Å². The van der Waals surface area contributed by atoms with Crippen LogP contribution in [-0.2, 0) is 0 Å². The molecule has 2 aromatic rings. The van der Waals surface area contributed by atoms with Crippen molar-refractivity contribution < 1.29 is 0 Å². The monoisotopic (exact) mass is 466 g/mol. The molecule has 1 saturated heterocycles. The van der Waals surface area contributed by atoms with Crippen LogP contribution in [0, 0.1) is 6.92 Å². The highest BCUT2D eigenvalue weighted by atomic mass is 32.1. The highest BCUT2D eigenvalue weighted by Gasteiger charge is 2.39. The van der Waals surface area contributed by atoms with Crippen LogP contribution in [-0.4, -0.2) is 45.1 Å². The van der Waals surface area contributed by atoms with Crippen LogP contribution >= 0.6 is 11.3 Å². The first-order valence-corrected chi connectivity index (χ1v) is 12.3. The third-order valence-electron chi connectivity index (χ3n) is 6.15. The van der Waals surface area contributed by atoms with Crippen LogP contribution in [0.2, 0.25) is 0 Å². The summed E-state index contributed by atoms with van der Waals surface area (Å²) in [5.74, 6) is 0. The van der Waals surface area contributed by atoms with Gasteiger partial charge in [0.15, 0.2) is 5.13 Å². The van der Waals surface area contributed by atoms with Gasteiger partial charge in [-0.3, -0.25) is 5.10 Å². The molecule has 0 aromatic carbocycles. The third kappa shape index (κ3) is 6.30. The van der Waals surface area contributed by atoms with E-state index in [4.69, 9.17) is 9.98 Å². The van der Waals surface area contributed by atoms with E-state index in [1.165, 1.54) is 0 Å². The van der Waals surface area contributed by atoms with Gasteiger partial charge in [0.25, 0.3) is 0 Å². The van der Waals surface area contributed by atoms with E-state index < -0.39 is 0 Å². The molecular formula is C26H38N6S. The number of aliphatic imine (C=N–C) groups is 1. The van der Waals surface area contributed by atoms with Crippen molar-refractivity contribution in [2.45, 2.75) is 78.4 Å². The molecule has 0 amide bonds. The van der Waals surface area contributed by atoms with E-state index in [1.807, 2.05) is 32.3 Å². The first-order valence-electron chi connectivity index (χ1n) is 11.5. The van der Waals surface area contributed by atoms with Gasteiger partial charge in [-0.05, 0) is 72.5 Å². The highest BCUT2D eigenvalue weighted by Crippen LogP contribution is 2.38. The topological polar surface area (TPSA) is 69.2 Å². The Bertz CT molecular complexity index is 1050. The molecule has 6 nitrogen and oxygen atoms in total. The van der Waals surface area contributed by atoms with Crippen molar-refractivity contribution in [3.05, 3.63) is 54.0 Å². The van der Waals surface area contributed by atoms with Crippen LogP contribution in [0.3, 0.4) is 0 Å². The molecule has 3 heterocycles. The first kappa shape index (κ1) is 25.1. The summed E-state index contributed by atoms with van der Waals surface area (Å²) in [5.41, 5.74) is 5.25. The van der Waals surface area contributed by atoms with E-state index in [0.29, 0.717) is 6.04 Å². The van der Waals surface area contributed by atoms with Crippen LogP contribution in [0.5, 0.6) is 0 Å². The smallest absolute Gasteiger partial charge is 0.187 e. The average molecular weight is 467 g/mol. The Balaban J connectivity index is 1.82. The largest absolute Gasteiger partial charge is 0.348 e. The minimum absolute atomic E-state index is 0.0936. The molecule has 0 bridgehead atoms. The summed E-state index contributed by atoms with van der Waals surface area (Å²) >= 11 is 1.66. The van der Waals surface area contributed by atoms with Crippen LogP contribution < -0.4 is 10.2 Å². The van der Waals surface area contributed by atoms with Crippen molar-refractivity contribution in [2.75, 3.05) is 11.9 Å². The second-order valence-corrected chi connectivity index (χ2v) is 11.3. The number of aryl methyl sites for hydroxylation is 1. The number of piperidine rings is 1. The molecular weight excluding hydrogens is 428 g/mol. The van der Waals surface area contributed by atoms with E-state index in [0.717, 1.165) is 51.1 Å². The molecule has 0 radical (unpaired) electrons. The maximum atomic E-state index is 4.92. The van der Waals surface area contributed by atoms with E-state index in [2.05, 4.69) is 80.8 Å². The number of nitrogens with zero attached hydrogens (tertiary/aromatic N) is 4. The second-order valence-electron chi connectivity index (χ2n) is 10.3. The summed E-state index contributed by atoms with van der Waals surface area (Å²) in [4.78, 5) is 12.1. The molecule has 7 heteroatoms. The lowest BCUT2D eigenvalue weighted by molar-refractivity contribution is 0.161. The van der Waals surface area contributed by atoms with Gasteiger partial charge in [0.05, 0.1) is 11.9 Å². The van der Waals surface area contributed by atoms with E-state index in [9.17, 15) is 0 Å². The summed E-state index contributed by atoms with van der Waals surface area (Å²) < 4.78 is 0. The Morgan fingerprint density at radius 3 is 2.45 bits per heavy atom.